The van der Waals surface area contributed by atoms with Crippen LogP contribution < -0.4 is 5.30 Å². The van der Waals surface area contributed by atoms with E-state index in [0.29, 0.717) is 14.3 Å². The van der Waals surface area contributed by atoms with Gasteiger partial charge in [-0.25, -0.2) is 0 Å². The Morgan fingerprint density at radius 2 is 1.66 bits per heavy atom. The fourth-order valence-corrected chi connectivity index (χ4v) is 5.51. The molecule has 0 saturated carbocycles. The summed E-state index contributed by atoms with van der Waals surface area (Å²) in [6, 6.07) is 22.4. The van der Waals surface area contributed by atoms with Crippen LogP contribution in [0.3, 0.4) is 0 Å². The number of aryl methyl sites for hydroxylation is 2. The van der Waals surface area contributed by atoms with Gasteiger partial charge in [0.25, 0.3) is 0 Å². The van der Waals surface area contributed by atoms with E-state index >= 15 is 0 Å². The number of hydrogen-bond acceptors (Lipinski definition) is 2. The fraction of sp³-hybridized carbons (Fsp3) is 0.269. The average molecular weight is 404 g/mol. The first-order valence-corrected chi connectivity index (χ1v) is 11.3. The Bertz CT molecular complexity index is 991. The summed E-state index contributed by atoms with van der Waals surface area (Å²) in [5.74, 6) is 0.403. The van der Waals surface area contributed by atoms with Crippen molar-refractivity contribution in [3.63, 3.8) is 0 Å². The number of phenols is 1. The molecule has 0 bridgehead atoms. The molecule has 1 N–H and O–H groups in total. The summed E-state index contributed by atoms with van der Waals surface area (Å²) in [6.07, 6.45) is 3.93. The van der Waals surface area contributed by atoms with E-state index < -0.39 is 0 Å². The quantitative estimate of drug-likeness (QED) is 0.342. The van der Waals surface area contributed by atoms with Crippen LogP contribution in [0, 0.1) is 13.8 Å². The minimum absolute atomic E-state index is 0.0858. The van der Waals surface area contributed by atoms with Crippen molar-refractivity contribution in [1.29, 1.82) is 0 Å². The average Bonchev–Trinajstić information content (AvgIpc) is 2.74. The highest BCUT2D eigenvalue weighted by Crippen LogP contribution is 2.50. The van der Waals surface area contributed by atoms with Crippen LogP contribution in [0.4, 0.5) is 5.69 Å². The van der Waals surface area contributed by atoms with Gasteiger partial charge in [-0.3, -0.25) is 4.99 Å². The number of benzene rings is 3. The van der Waals surface area contributed by atoms with Gasteiger partial charge in [-0.2, -0.15) is 0 Å². The highest BCUT2D eigenvalue weighted by Gasteiger charge is 2.32. The van der Waals surface area contributed by atoms with Crippen LogP contribution in [0.5, 0.6) is 5.75 Å². The number of para-hydroxylation sites is 1. The minimum Gasteiger partial charge on any atom is -0.508 e. The summed E-state index contributed by atoms with van der Waals surface area (Å²) < 4.78 is 0. The van der Waals surface area contributed by atoms with Gasteiger partial charge in [0, 0.05) is 22.5 Å². The molecule has 0 amide bonds. The molecule has 0 fully saturated rings. The normalized spacial score (nSPS) is 12.3. The number of nitrogens with zero attached hydrogens (tertiary/aromatic N) is 1. The number of hydrogen-bond donors (Lipinski definition) is 1. The van der Waals surface area contributed by atoms with Crippen molar-refractivity contribution < 1.29 is 5.11 Å². The molecule has 150 valence electrons. The van der Waals surface area contributed by atoms with Gasteiger partial charge in [0.05, 0.1) is 5.69 Å². The van der Waals surface area contributed by atoms with Gasteiger partial charge in [-0.05, 0) is 55.8 Å². The summed E-state index contributed by atoms with van der Waals surface area (Å²) in [6.45, 7) is 8.73. The Morgan fingerprint density at radius 3 is 2.34 bits per heavy atom. The molecule has 0 spiro atoms. The van der Waals surface area contributed by atoms with E-state index in [0.717, 1.165) is 29.7 Å². The van der Waals surface area contributed by atoms with Gasteiger partial charge < -0.3 is 5.11 Å². The van der Waals surface area contributed by atoms with E-state index in [4.69, 9.17) is 4.99 Å². The van der Waals surface area contributed by atoms with E-state index in [2.05, 4.69) is 52.0 Å². The molecule has 3 aromatic carbocycles. The van der Waals surface area contributed by atoms with Crippen LogP contribution in [0.25, 0.3) is 0 Å². The van der Waals surface area contributed by atoms with Crippen molar-refractivity contribution in [2.45, 2.75) is 45.7 Å². The molecule has 29 heavy (non-hydrogen) atoms. The third-order valence-corrected chi connectivity index (χ3v) is 8.04. The van der Waals surface area contributed by atoms with Gasteiger partial charge in [0.1, 0.15) is 5.75 Å². The highest BCUT2D eigenvalue weighted by atomic mass is 31.1. The Hall–Kier alpha value is -2.44. The van der Waals surface area contributed by atoms with Gasteiger partial charge >= 0.3 is 0 Å². The van der Waals surface area contributed by atoms with Crippen LogP contribution in [-0.4, -0.2) is 11.3 Å². The summed E-state index contributed by atoms with van der Waals surface area (Å²) in [4.78, 5) is 4.69. The molecule has 1 unspecified atom stereocenters. The molecular weight excluding hydrogens is 373 g/mol. The lowest BCUT2D eigenvalue weighted by Crippen LogP contribution is -2.24. The lowest BCUT2D eigenvalue weighted by Gasteiger charge is -2.34. The molecule has 3 rings (SSSR count). The molecule has 3 heteroatoms. The topological polar surface area (TPSA) is 32.6 Å². The molecule has 0 saturated heterocycles. The molecule has 0 heterocycles. The smallest absolute Gasteiger partial charge is 0.119 e. The zero-order valence-electron chi connectivity index (χ0n) is 17.7. The van der Waals surface area contributed by atoms with E-state index in [-0.39, 0.29) is 5.16 Å². The number of rotatable bonds is 7. The molecular formula is C26H30NOP. The second-order valence-electron chi connectivity index (χ2n) is 7.57. The summed E-state index contributed by atoms with van der Waals surface area (Å²) in [5.41, 5.74) is 5.64. The maximum atomic E-state index is 10.7. The van der Waals surface area contributed by atoms with Gasteiger partial charge in [0.2, 0.25) is 0 Å². The third-order valence-electron chi connectivity index (χ3n) is 5.65. The van der Waals surface area contributed by atoms with Crippen molar-refractivity contribution in [3.8, 4) is 5.75 Å². The van der Waals surface area contributed by atoms with Crippen LogP contribution >= 0.6 is 8.58 Å². The Kier molecular flexibility index (Phi) is 6.87. The van der Waals surface area contributed by atoms with Crippen molar-refractivity contribution in [2.75, 3.05) is 0 Å². The molecule has 0 radical (unpaired) electrons. The van der Waals surface area contributed by atoms with Crippen molar-refractivity contribution in [3.05, 3.63) is 89.0 Å². The summed E-state index contributed by atoms with van der Waals surface area (Å²) >= 11 is 0. The first-order chi connectivity index (χ1) is 14.0. The van der Waals surface area contributed by atoms with Gasteiger partial charge in [0.15, 0.2) is 0 Å². The number of phenolic OH excluding ortho intramolecular Hbond substituents is 1. The van der Waals surface area contributed by atoms with Crippen LogP contribution in [-0.2, 0) is 5.16 Å². The predicted octanol–water partition coefficient (Wildman–Crippen LogP) is 6.78. The highest BCUT2D eigenvalue weighted by molar-refractivity contribution is 7.49. The number of aromatic hydroxyl groups is 1. The molecule has 3 aromatic rings. The molecule has 0 aliphatic rings. The predicted molar refractivity (Wildman–Crippen MR) is 128 cm³/mol. The number of aliphatic imine (C=N–C) groups is 1. The first-order valence-electron chi connectivity index (χ1n) is 10.3. The van der Waals surface area contributed by atoms with E-state index in [1.54, 1.807) is 0 Å². The van der Waals surface area contributed by atoms with E-state index in [1.807, 2.05) is 48.7 Å². The molecule has 2 nitrogen and oxygen atoms in total. The van der Waals surface area contributed by atoms with Crippen molar-refractivity contribution in [1.82, 2.24) is 0 Å². The zero-order valence-corrected chi connectivity index (χ0v) is 18.7. The molecule has 1 atom stereocenters. The minimum atomic E-state index is -0.0858. The van der Waals surface area contributed by atoms with E-state index in [9.17, 15) is 5.11 Å². The van der Waals surface area contributed by atoms with Crippen LogP contribution in [0.1, 0.15) is 48.9 Å². The lowest BCUT2D eigenvalue weighted by molar-refractivity contribution is 0.448. The zero-order chi connectivity index (χ0) is 20.9. The fourth-order valence-electron chi connectivity index (χ4n) is 3.77. The van der Waals surface area contributed by atoms with Gasteiger partial charge in [-0.1, -0.05) is 76.5 Å². The largest absolute Gasteiger partial charge is 0.508 e. The monoisotopic (exact) mass is 403 g/mol. The molecule has 0 aliphatic carbocycles. The maximum absolute atomic E-state index is 10.7. The van der Waals surface area contributed by atoms with E-state index in [1.165, 1.54) is 16.4 Å². The summed E-state index contributed by atoms with van der Waals surface area (Å²) in [5, 5.41) is 11.9. The molecule has 0 aromatic heterocycles. The van der Waals surface area contributed by atoms with Crippen molar-refractivity contribution >= 4 is 25.8 Å². The second kappa shape index (κ2) is 9.37. The lowest BCUT2D eigenvalue weighted by atomic mass is 9.91. The van der Waals surface area contributed by atoms with Crippen LogP contribution in [0.2, 0.25) is 0 Å². The first kappa shape index (κ1) is 21.3. The Balaban J connectivity index is 2.05. The molecule has 0 aliphatic heterocycles. The Labute approximate surface area is 176 Å². The van der Waals surface area contributed by atoms with Crippen LogP contribution in [0.15, 0.2) is 71.7 Å². The standard InChI is InChI=1S/C26H30NOP/c1-5-26(6-2,23-17-19(3)15-16-24(23)28)29-25-20(4)11-10-12-21(25)18-27-22-13-8-7-9-14-22/h7-18,28-29H,5-6H2,1-4H3. The Morgan fingerprint density at radius 1 is 0.931 bits per heavy atom. The second-order valence-corrected chi connectivity index (χ2v) is 9.27. The SMILES string of the molecule is CCC(CC)(Pc1c(C)cccc1C=Nc1ccccc1)c1cc(C)ccc1O. The maximum Gasteiger partial charge on any atom is 0.119 e. The summed E-state index contributed by atoms with van der Waals surface area (Å²) in [7, 11) is 0.550. The third kappa shape index (κ3) is 4.77. The van der Waals surface area contributed by atoms with Crippen molar-refractivity contribution in [2.24, 2.45) is 4.99 Å². The van der Waals surface area contributed by atoms with Gasteiger partial charge in [-0.15, -0.1) is 0 Å².